The fraction of sp³-hybridized carbons (Fsp3) is 0.0909. The quantitative estimate of drug-likeness (QED) is 0.740. The molecule has 2 aromatic rings. The van der Waals surface area contributed by atoms with Gasteiger partial charge < -0.3 is 4.98 Å². The van der Waals surface area contributed by atoms with Crippen LogP contribution >= 0.6 is 0 Å². The zero-order valence-electron chi connectivity index (χ0n) is 7.37. The molecule has 13 heavy (non-hydrogen) atoms. The highest BCUT2D eigenvalue weighted by atomic mass is 16.1. The molecule has 0 saturated heterocycles. The van der Waals surface area contributed by atoms with Crippen molar-refractivity contribution in [3.8, 4) is 0 Å². The van der Waals surface area contributed by atoms with Crippen LogP contribution in [0.5, 0.6) is 0 Å². The number of benzene rings is 1. The summed E-state index contributed by atoms with van der Waals surface area (Å²) in [6.45, 7) is 1.55. The highest BCUT2D eigenvalue weighted by Gasteiger charge is 2.02. The number of H-pyrrole nitrogens is 1. The van der Waals surface area contributed by atoms with E-state index in [0.29, 0.717) is 0 Å². The second-order valence-corrected chi connectivity index (χ2v) is 3.07. The number of para-hydroxylation sites is 1. The molecule has 0 aliphatic heterocycles. The standard InChI is InChI=1S/C11H10NO/c1-8(13)6-10-7-9-4-2-3-5-11(9)12-10/h2-7,12H,1H3. The lowest BCUT2D eigenvalue weighted by atomic mass is 10.2. The molecule has 2 nitrogen and oxygen atoms in total. The monoisotopic (exact) mass is 172 g/mol. The molecule has 0 bridgehead atoms. The number of rotatable bonds is 2. The third-order valence-corrected chi connectivity index (χ3v) is 1.91. The Morgan fingerprint density at radius 3 is 2.85 bits per heavy atom. The van der Waals surface area contributed by atoms with Gasteiger partial charge in [-0.3, -0.25) is 4.79 Å². The average molecular weight is 172 g/mol. The number of aromatic nitrogens is 1. The van der Waals surface area contributed by atoms with E-state index in [1.807, 2.05) is 30.3 Å². The fourth-order valence-electron chi connectivity index (χ4n) is 1.39. The Morgan fingerprint density at radius 1 is 1.38 bits per heavy atom. The number of carbonyl (C=O) groups excluding carboxylic acids is 1. The van der Waals surface area contributed by atoms with Gasteiger partial charge in [-0.05, 0) is 24.4 Å². The Morgan fingerprint density at radius 2 is 2.15 bits per heavy atom. The summed E-state index contributed by atoms with van der Waals surface area (Å²) in [6, 6.07) is 9.93. The molecule has 0 unspecified atom stereocenters. The molecule has 0 aliphatic rings. The number of ketones is 1. The normalized spacial score (nSPS) is 10.5. The molecule has 0 saturated carbocycles. The van der Waals surface area contributed by atoms with Crippen LogP contribution in [0.25, 0.3) is 10.9 Å². The van der Waals surface area contributed by atoms with Crippen LogP contribution in [0.4, 0.5) is 0 Å². The van der Waals surface area contributed by atoms with Gasteiger partial charge in [-0.15, -0.1) is 0 Å². The number of nitrogens with one attached hydrogen (secondary N) is 1. The predicted octanol–water partition coefficient (Wildman–Crippen LogP) is 2.31. The second-order valence-electron chi connectivity index (χ2n) is 3.07. The summed E-state index contributed by atoms with van der Waals surface area (Å²) in [7, 11) is 0. The molecule has 0 atom stereocenters. The molecule has 1 radical (unpaired) electrons. The van der Waals surface area contributed by atoms with Crippen molar-refractivity contribution < 1.29 is 4.79 Å². The number of fused-ring (bicyclic) bond motifs is 1. The molecule has 1 aromatic carbocycles. The Hall–Kier alpha value is -1.57. The van der Waals surface area contributed by atoms with Gasteiger partial charge in [0.1, 0.15) is 5.78 Å². The molecule has 2 heteroatoms. The van der Waals surface area contributed by atoms with Crippen LogP contribution in [-0.4, -0.2) is 10.8 Å². The molecule has 1 N–H and O–H groups in total. The summed E-state index contributed by atoms with van der Waals surface area (Å²) in [5, 5.41) is 1.13. The first-order chi connectivity index (χ1) is 6.25. The molecule has 1 aromatic heterocycles. The van der Waals surface area contributed by atoms with Crippen molar-refractivity contribution in [2.75, 3.05) is 0 Å². The van der Waals surface area contributed by atoms with E-state index in [1.165, 1.54) is 0 Å². The van der Waals surface area contributed by atoms with E-state index in [9.17, 15) is 4.79 Å². The van der Waals surface area contributed by atoms with Crippen LogP contribution < -0.4 is 0 Å². The fourth-order valence-corrected chi connectivity index (χ4v) is 1.39. The van der Waals surface area contributed by atoms with Crippen LogP contribution in [0, 0.1) is 6.42 Å². The number of aromatic amines is 1. The van der Waals surface area contributed by atoms with Crippen molar-refractivity contribution in [1.29, 1.82) is 0 Å². The van der Waals surface area contributed by atoms with Crippen molar-refractivity contribution in [2.24, 2.45) is 0 Å². The maximum atomic E-state index is 10.8. The molecule has 0 spiro atoms. The smallest absolute Gasteiger partial charge is 0.139 e. The van der Waals surface area contributed by atoms with Crippen LogP contribution in [0.15, 0.2) is 30.3 Å². The van der Waals surface area contributed by atoms with Crippen LogP contribution in [0.3, 0.4) is 0 Å². The molecule has 1 heterocycles. The lowest BCUT2D eigenvalue weighted by Gasteiger charge is -1.88. The van der Waals surface area contributed by atoms with Gasteiger partial charge in [0, 0.05) is 11.2 Å². The van der Waals surface area contributed by atoms with Crippen molar-refractivity contribution >= 4 is 16.7 Å². The number of hydrogen-bond donors (Lipinski definition) is 1. The molecule has 2 rings (SSSR count). The molecule has 0 aliphatic carbocycles. The molecule has 0 amide bonds. The number of Topliss-reactive ketones (excluding diaryl/α,β-unsaturated/α-hetero) is 1. The van der Waals surface area contributed by atoms with E-state index in [0.717, 1.165) is 16.6 Å². The topological polar surface area (TPSA) is 32.9 Å². The molecular weight excluding hydrogens is 162 g/mol. The first kappa shape index (κ1) is 8.05. The van der Waals surface area contributed by atoms with E-state index >= 15 is 0 Å². The summed E-state index contributed by atoms with van der Waals surface area (Å²) in [6.07, 6.45) is 1.60. The van der Waals surface area contributed by atoms with Crippen LogP contribution in [0.2, 0.25) is 0 Å². The molecule has 65 valence electrons. The summed E-state index contributed by atoms with van der Waals surface area (Å²) in [5.74, 6) is 0.0616. The minimum Gasteiger partial charge on any atom is -0.358 e. The first-order valence-corrected chi connectivity index (χ1v) is 4.19. The Kier molecular flexibility index (Phi) is 1.89. The summed E-state index contributed by atoms with van der Waals surface area (Å²) >= 11 is 0. The lowest BCUT2D eigenvalue weighted by molar-refractivity contribution is -0.113. The van der Waals surface area contributed by atoms with Crippen molar-refractivity contribution in [2.45, 2.75) is 6.92 Å². The van der Waals surface area contributed by atoms with Gasteiger partial charge in [0.2, 0.25) is 0 Å². The first-order valence-electron chi connectivity index (χ1n) is 4.19. The maximum absolute atomic E-state index is 10.8. The van der Waals surface area contributed by atoms with Crippen molar-refractivity contribution in [3.63, 3.8) is 0 Å². The Labute approximate surface area is 76.6 Å². The summed E-state index contributed by atoms with van der Waals surface area (Å²) < 4.78 is 0. The highest BCUT2D eigenvalue weighted by molar-refractivity contribution is 5.90. The second kappa shape index (κ2) is 3.05. The van der Waals surface area contributed by atoms with E-state index in [2.05, 4.69) is 4.98 Å². The number of hydrogen-bond acceptors (Lipinski definition) is 1. The SMILES string of the molecule is CC(=O)[CH]c1cc2ccccc2[nH]1. The van der Waals surface area contributed by atoms with E-state index in [-0.39, 0.29) is 5.78 Å². The summed E-state index contributed by atoms with van der Waals surface area (Å²) in [5.41, 5.74) is 1.93. The van der Waals surface area contributed by atoms with Gasteiger partial charge in [0.05, 0.1) is 6.42 Å². The predicted molar refractivity (Wildman–Crippen MR) is 52.4 cm³/mol. The maximum Gasteiger partial charge on any atom is 0.139 e. The van der Waals surface area contributed by atoms with Gasteiger partial charge in [0.25, 0.3) is 0 Å². The lowest BCUT2D eigenvalue weighted by Crippen LogP contribution is -1.91. The van der Waals surface area contributed by atoms with Crippen LogP contribution in [-0.2, 0) is 4.79 Å². The van der Waals surface area contributed by atoms with Gasteiger partial charge in [-0.25, -0.2) is 0 Å². The van der Waals surface area contributed by atoms with E-state index < -0.39 is 0 Å². The largest absolute Gasteiger partial charge is 0.358 e. The van der Waals surface area contributed by atoms with Gasteiger partial charge in [0.15, 0.2) is 0 Å². The third-order valence-electron chi connectivity index (χ3n) is 1.91. The average Bonchev–Trinajstić information content (AvgIpc) is 2.44. The highest BCUT2D eigenvalue weighted by Crippen LogP contribution is 2.15. The minimum absolute atomic E-state index is 0.0616. The van der Waals surface area contributed by atoms with Gasteiger partial charge in [-0.1, -0.05) is 18.2 Å². The van der Waals surface area contributed by atoms with E-state index in [4.69, 9.17) is 0 Å². The summed E-state index contributed by atoms with van der Waals surface area (Å²) in [4.78, 5) is 14.0. The Balaban J connectivity index is 2.44. The minimum atomic E-state index is 0.0616. The van der Waals surface area contributed by atoms with E-state index in [1.54, 1.807) is 13.3 Å². The van der Waals surface area contributed by atoms with Crippen molar-refractivity contribution in [1.82, 2.24) is 4.98 Å². The third kappa shape index (κ3) is 1.61. The van der Waals surface area contributed by atoms with Crippen LogP contribution in [0.1, 0.15) is 12.6 Å². The Bertz CT molecular complexity index is 409. The van der Waals surface area contributed by atoms with Crippen molar-refractivity contribution in [3.05, 3.63) is 42.4 Å². The molecular formula is C11H10NO. The molecule has 0 fully saturated rings. The van der Waals surface area contributed by atoms with Gasteiger partial charge >= 0.3 is 0 Å². The van der Waals surface area contributed by atoms with Gasteiger partial charge in [-0.2, -0.15) is 0 Å². The number of carbonyl (C=O) groups is 1. The zero-order valence-corrected chi connectivity index (χ0v) is 7.37. The zero-order chi connectivity index (χ0) is 9.26.